The third-order valence-corrected chi connectivity index (χ3v) is 21.7. The Hall–Kier alpha value is -10.4. The van der Waals surface area contributed by atoms with Crippen molar-refractivity contribution in [3.8, 4) is 0 Å². The number of alkyl halides is 9. The summed E-state index contributed by atoms with van der Waals surface area (Å²) in [5.74, 6) is -7.04. The second-order valence-electron chi connectivity index (χ2n) is 28.1. The van der Waals surface area contributed by atoms with Crippen molar-refractivity contribution in [3.05, 3.63) is 193 Å². The second kappa shape index (κ2) is 33.8. The monoisotopic (exact) mass is 1660 g/mol. The maximum absolute atomic E-state index is 13.6. The van der Waals surface area contributed by atoms with Crippen LogP contribution in [0.5, 0.6) is 0 Å². The van der Waals surface area contributed by atoms with E-state index in [1.807, 2.05) is 14.7 Å². The topological polar surface area (TPSA) is 325 Å². The molecule has 6 fully saturated rings. The average molecular weight is 1660 g/mol. The lowest BCUT2D eigenvalue weighted by Crippen LogP contribution is -2.54. The lowest BCUT2D eigenvalue weighted by molar-refractivity contribution is -0.145. The minimum absolute atomic E-state index is 0.00922. The highest BCUT2D eigenvalue weighted by Crippen LogP contribution is 2.39. The number of methoxy groups -OCH3 is 1. The molecule has 606 valence electrons. The number of carboxylic acid groups (broad SMARTS) is 1. The van der Waals surface area contributed by atoms with Crippen LogP contribution in [0.1, 0.15) is 79.6 Å². The fourth-order valence-electron chi connectivity index (χ4n) is 15.0. The first-order valence-electron chi connectivity index (χ1n) is 36.0. The second-order valence-corrected chi connectivity index (χ2v) is 29.4. The molecule has 6 aromatic carbocycles. The van der Waals surface area contributed by atoms with Crippen molar-refractivity contribution < 1.29 is 93.4 Å². The number of carboxylic acids is 1. The molecule has 27 nitrogen and oxygen atoms in total. The highest BCUT2D eigenvalue weighted by Gasteiger charge is 2.46. The van der Waals surface area contributed by atoms with E-state index in [0.29, 0.717) is 110 Å². The van der Waals surface area contributed by atoms with Crippen LogP contribution in [-0.4, -0.2) is 277 Å². The van der Waals surface area contributed by atoms with Gasteiger partial charge in [0.2, 0.25) is 23.4 Å². The van der Waals surface area contributed by atoms with Crippen molar-refractivity contribution in [1.29, 1.82) is 0 Å². The summed E-state index contributed by atoms with van der Waals surface area (Å²) in [5, 5.41) is 44.3. The Morgan fingerprint density at radius 3 is 0.913 bits per heavy atom. The van der Waals surface area contributed by atoms with Gasteiger partial charge in [0.15, 0.2) is 0 Å². The number of amides is 4. The van der Waals surface area contributed by atoms with Gasteiger partial charge in [-0.3, -0.25) is 33.9 Å². The zero-order valence-electron chi connectivity index (χ0n) is 60.8. The van der Waals surface area contributed by atoms with Gasteiger partial charge in [0.1, 0.15) is 17.5 Å². The van der Waals surface area contributed by atoms with E-state index in [0.717, 1.165) is 0 Å². The molecule has 9 aromatic rings. The van der Waals surface area contributed by atoms with Gasteiger partial charge in [-0.2, -0.15) is 39.5 Å². The molecular weight excluding hydrogens is 1590 g/mol. The number of carbonyl (C=O) groups excluding carboxylic acids is 5. The molecule has 6 saturated heterocycles. The van der Waals surface area contributed by atoms with Crippen molar-refractivity contribution in [3.63, 3.8) is 0 Å². The van der Waals surface area contributed by atoms with E-state index >= 15 is 0 Å². The summed E-state index contributed by atoms with van der Waals surface area (Å²) < 4.78 is 127. The van der Waals surface area contributed by atoms with E-state index in [1.54, 1.807) is 97.3 Å². The highest BCUT2D eigenvalue weighted by molar-refractivity contribution is 6.31. The number of piperazine rings is 3. The largest absolute Gasteiger partial charge is 0.478 e. The Kier molecular flexibility index (Phi) is 24.2. The molecule has 0 bridgehead atoms. The van der Waals surface area contributed by atoms with Crippen LogP contribution in [0.4, 0.5) is 57.0 Å². The summed E-state index contributed by atoms with van der Waals surface area (Å²) in [6, 6.07) is 30.4. The Balaban J connectivity index is 0.000000150. The number of benzene rings is 6. The van der Waals surface area contributed by atoms with Gasteiger partial charge in [-0.1, -0.05) is 34.8 Å². The number of aromatic nitrogens is 6. The van der Waals surface area contributed by atoms with Crippen LogP contribution < -0.4 is 20.4 Å². The summed E-state index contributed by atoms with van der Waals surface area (Å²) in [5.41, 5.74) is 7.09. The number of aromatic carboxylic acids is 1. The maximum atomic E-state index is 13.6. The molecule has 15 rings (SSSR count). The predicted octanol–water partition coefficient (Wildman–Crippen LogP) is 8.51. The molecule has 4 amide bonds. The molecule has 6 atom stereocenters. The first-order chi connectivity index (χ1) is 54.6. The van der Waals surface area contributed by atoms with Crippen molar-refractivity contribution in [1.82, 2.24) is 59.3 Å². The van der Waals surface area contributed by atoms with Crippen LogP contribution in [-0.2, 0) is 23.3 Å². The first-order valence-corrected chi connectivity index (χ1v) is 37.1. The minimum atomic E-state index is -4.81. The number of carbonyl (C=O) groups is 6. The SMILES string of the molecule is COC(=O)c1ccc2nc(C(F)(F)F)nc(N3C[C@H](O)[C@@H](N4CCN(C(=O)c5ccc(Cl)cc5)CC4)C3)c2c1.NC(=O)c1ccc2nc(C(F)(F)F)nc(N3C[C@H](O)[C@@H](N4CCN(C(=O)c5ccc(Cl)cc5)CC4)C3)c2c1.O=C(O)c1ccc2nc(C(F)(F)F)nc(N3C[C@H](O)[C@@H](N4CCN(C(=O)c5ccc(Cl)cc5)CC4)C3)c2c1. The van der Waals surface area contributed by atoms with Crippen molar-refractivity contribution in [2.24, 2.45) is 5.73 Å². The van der Waals surface area contributed by atoms with Crippen LogP contribution in [0, 0.1) is 0 Å². The zero-order valence-corrected chi connectivity index (χ0v) is 63.1. The van der Waals surface area contributed by atoms with Gasteiger partial charge in [0, 0.05) is 171 Å². The van der Waals surface area contributed by atoms with E-state index < -0.39 is 78.2 Å². The Morgan fingerprint density at radius 1 is 0.383 bits per heavy atom. The number of aliphatic hydroxyl groups excluding tert-OH is 3. The third-order valence-electron chi connectivity index (χ3n) is 20.9. The van der Waals surface area contributed by atoms with Crippen molar-refractivity contribution in [2.75, 3.05) is 140 Å². The summed E-state index contributed by atoms with van der Waals surface area (Å²) in [6.07, 6.45) is -17.0. The van der Waals surface area contributed by atoms with E-state index in [-0.39, 0.29) is 136 Å². The summed E-state index contributed by atoms with van der Waals surface area (Å²) in [7, 11) is 1.21. The molecule has 0 radical (unpaired) electrons. The van der Waals surface area contributed by atoms with Gasteiger partial charge in [0.25, 0.3) is 17.7 Å². The number of anilines is 3. The molecule has 9 heterocycles. The van der Waals surface area contributed by atoms with Crippen LogP contribution in [0.15, 0.2) is 127 Å². The van der Waals surface area contributed by atoms with Crippen molar-refractivity contribution >= 4 is 121 Å². The van der Waals surface area contributed by atoms with Gasteiger partial charge in [0.05, 0.1) is 71.2 Å². The number of primary amides is 1. The number of hydrogen-bond acceptors (Lipinski definition) is 22. The number of fused-ring (bicyclic) bond motifs is 3. The Bertz CT molecular complexity index is 4950. The van der Waals surface area contributed by atoms with E-state index in [2.05, 4.69) is 29.9 Å². The maximum Gasteiger partial charge on any atom is 0.451 e. The van der Waals surface area contributed by atoms with Crippen molar-refractivity contribution in [2.45, 2.75) is 55.0 Å². The van der Waals surface area contributed by atoms with E-state index in [4.69, 9.17) is 45.3 Å². The smallest absolute Gasteiger partial charge is 0.451 e. The fraction of sp³-hybridized carbons (Fsp3) is 0.368. The number of aliphatic hydroxyl groups is 3. The molecule has 39 heteroatoms. The van der Waals surface area contributed by atoms with Gasteiger partial charge >= 0.3 is 30.5 Å². The highest BCUT2D eigenvalue weighted by atomic mass is 35.5. The van der Waals surface area contributed by atoms with Gasteiger partial charge in [-0.05, 0) is 127 Å². The predicted molar refractivity (Wildman–Crippen MR) is 403 cm³/mol. The number of nitrogens with zero attached hydrogens (tertiary/aromatic N) is 15. The van der Waals surface area contributed by atoms with E-state index in [1.165, 1.54) is 66.6 Å². The zero-order chi connectivity index (χ0) is 82.3. The normalized spacial score (nSPS) is 20.7. The average Bonchev–Trinajstić information content (AvgIpc) is 1.75. The Morgan fingerprint density at radius 2 is 0.643 bits per heavy atom. The third kappa shape index (κ3) is 18.5. The quantitative estimate of drug-likeness (QED) is 0.0565. The van der Waals surface area contributed by atoms with Crippen LogP contribution in [0.2, 0.25) is 15.1 Å². The number of halogens is 12. The molecule has 115 heavy (non-hydrogen) atoms. The first kappa shape index (κ1) is 82.5. The Labute approximate surface area is 663 Å². The summed E-state index contributed by atoms with van der Waals surface area (Å²) in [4.78, 5) is 112. The molecule has 0 spiro atoms. The number of hydrogen-bond donors (Lipinski definition) is 5. The fourth-order valence-corrected chi connectivity index (χ4v) is 15.3. The molecule has 0 unspecified atom stereocenters. The molecule has 6 N–H and O–H groups in total. The molecule has 6 aliphatic rings. The van der Waals surface area contributed by atoms with Gasteiger partial charge < -0.3 is 60.3 Å². The van der Waals surface area contributed by atoms with Crippen LogP contribution in [0.25, 0.3) is 32.7 Å². The number of nitrogens with two attached hydrogens (primary N) is 1. The van der Waals surface area contributed by atoms with E-state index in [9.17, 15) is 88.7 Å². The lowest BCUT2D eigenvalue weighted by Gasteiger charge is -2.38. The molecule has 0 aliphatic carbocycles. The molecule has 6 aliphatic heterocycles. The van der Waals surface area contributed by atoms with Crippen LogP contribution >= 0.6 is 34.8 Å². The summed E-state index contributed by atoms with van der Waals surface area (Å²) >= 11 is 17.7. The molecule has 0 saturated carbocycles. The number of β-amino-alcohol motifs (C(OH)–C–C–N with tert-alkyl or cyclic N) is 3. The summed E-state index contributed by atoms with van der Waals surface area (Å²) in [6.45, 7) is 6.12. The standard InChI is InChI=1S/C26H25ClF3N5O4.C25H24ClF3N6O3.C25H23ClF3N5O4/c1-39-24(38)16-4-7-19-18(12-16)22(32-25(31-19)26(28,29)30)35-13-20(21(36)14-35)33-8-10-34(11-9-33)23(37)15-2-5-17(27)6-3-15;26-16-4-1-14(2-5-16)23(38)34-9-7-33(8-10-34)19-12-35(13-20(19)36)22-17-11-15(21(30)37)3-6-18(17)31-24(32-22)25(27,28)29;26-16-4-1-14(2-5-16)22(36)33-9-7-32(8-10-33)19-12-34(13-20(19)35)21-17-11-15(23(37)38)3-6-18(17)30-24(31-21)25(27,28)29/h2-7,12,20-21,36H,8-11,13-14H2,1H3;1-6,11,19-20,36H,7-10,12-13H2,(H2,30,37);1-6,11,19-20,35H,7-10,12-13H2,(H,37,38)/t20-,21-;2*19-,20-/m000/s1. The molecule has 3 aromatic heterocycles. The minimum Gasteiger partial charge on any atom is -0.478 e. The number of ether oxygens (including phenoxy) is 1. The molecular formula is C76H72Cl3F9N16O11. The number of esters is 1. The van der Waals surface area contributed by atoms with Crippen LogP contribution in [0.3, 0.4) is 0 Å². The van der Waals surface area contributed by atoms with Gasteiger partial charge in [-0.25, -0.2) is 39.5 Å². The number of rotatable bonds is 12. The lowest BCUT2D eigenvalue weighted by atomic mass is 10.1. The van der Waals surface area contributed by atoms with Gasteiger partial charge in [-0.15, -0.1) is 0 Å².